The van der Waals surface area contributed by atoms with E-state index in [1.165, 1.54) is 0 Å². The average Bonchev–Trinajstić information content (AvgIpc) is 2.75. The van der Waals surface area contributed by atoms with Gasteiger partial charge >= 0.3 is 0 Å². The number of para-hydroxylation sites is 1. The van der Waals surface area contributed by atoms with E-state index < -0.39 is 0 Å². The fourth-order valence-electron chi connectivity index (χ4n) is 2.45. The molecule has 1 saturated heterocycles. The molecule has 4 nitrogen and oxygen atoms in total. The van der Waals surface area contributed by atoms with Gasteiger partial charge in [0.15, 0.2) is 0 Å². The summed E-state index contributed by atoms with van der Waals surface area (Å²) in [6.07, 6.45) is 0. The maximum atomic E-state index is 12.3. The Morgan fingerprint density at radius 3 is 2.85 bits per heavy atom. The van der Waals surface area contributed by atoms with E-state index in [9.17, 15) is 4.79 Å². The molecule has 1 aromatic carbocycles. The molecule has 5 heteroatoms. The normalized spacial score (nSPS) is 22.4. The van der Waals surface area contributed by atoms with Crippen molar-refractivity contribution in [2.24, 2.45) is 0 Å². The van der Waals surface area contributed by atoms with Crippen LogP contribution in [0.4, 0.5) is 0 Å². The number of thioether (sulfide) groups is 1. The molecule has 0 aliphatic carbocycles. The van der Waals surface area contributed by atoms with E-state index in [-0.39, 0.29) is 16.5 Å². The number of benzene rings is 1. The summed E-state index contributed by atoms with van der Waals surface area (Å²) in [4.78, 5) is 14.3. The lowest BCUT2D eigenvalue weighted by atomic mass is 10.1. The number of hydrogen-bond acceptors (Lipinski definition) is 3. The van der Waals surface area contributed by atoms with Crippen molar-refractivity contribution < 1.29 is 14.8 Å². The molecular weight excluding hydrogens is 272 g/mol. The van der Waals surface area contributed by atoms with Crippen LogP contribution in [-0.2, 0) is 4.79 Å². The number of hydrogen-bond donors (Lipinski definition) is 1. The van der Waals surface area contributed by atoms with Gasteiger partial charge in [0.25, 0.3) is 0 Å². The van der Waals surface area contributed by atoms with Crippen LogP contribution in [0.2, 0.25) is 0 Å². The maximum absolute atomic E-state index is 12.3. The Kier molecular flexibility index (Phi) is 5.31. The van der Waals surface area contributed by atoms with Crippen molar-refractivity contribution in [2.75, 3.05) is 26.7 Å². The summed E-state index contributed by atoms with van der Waals surface area (Å²) in [5.74, 6) is 1.09. The first kappa shape index (κ1) is 15.2. The number of carbonyl (C=O) groups excluding carboxylic acids is 1. The van der Waals surface area contributed by atoms with Gasteiger partial charge in [0.05, 0.1) is 32.0 Å². The quantitative estimate of drug-likeness (QED) is 0.803. The Bertz CT molecular complexity index is 467. The standard InChI is InChI=1S/C15H22N2O2S/c1-4-16-9-10-17-14(18)11(2)20-15(17)12-7-5-6-8-13(12)19-3/h5-8,11,15-16H,4,9-10H2,1-3H3/p+1/t11-,15+/m1/s1. The Balaban J connectivity index is 2.21. The molecule has 1 aliphatic heterocycles. The van der Waals surface area contributed by atoms with Crippen LogP contribution in [0.3, 0.4) is 0 Å². The monoisotopic (exact) mass is 295 g/mol. The Morgan fingerprint density at radius 1 is 1.40 bits per heavy atom. The first-order chi connectivity index (χ1) is 9.69. The van der Waals surface area contributed by atoms with Crippen LogP contribution in [0.25, 0.3) is 0 Å². The molecule has 0 radical (unpaired) electrons. The highest BCUT2D eigenvalue weighted by atomic mass is 32.2. The van der Waals surface area contributed by atoms with Gasteiger partial charge < -0.3 is 15.0 Å². The second-order valence-electron chi connectivity index (χ2n) is 4.89. The van der Waals surface area contributed by atoms with E-state index in [1.807, 2.05) is 30.0 Å². The number of amides is 1. The summed E-state index contributed by atoms with van der Waals surface area (Å²) >= 11 is 1.70. The highest BCUT2D eigenvalue weighted by molar-refractivity contribution is 8.01. The molecule has 0 unspecified atom stereocenters. The molecule has 0 saturated carbocycles. The minimum absolute atomic E-state index is 0.0199. The summed E-state index contributed by atoms with van der Waals surface area (Å²) in [6, 6.07) is 7.97. The maximum Gasteiger partial charge on any atom is 0.236 e. The zero-order valence-corrected chi connectivity index (χ0v) is 13.2. The van der Waals surface area contributed by atoms with E-state index in [4.69, 9.17) is 4.74 Å². The van der Waals surface area contributed by atoms with Crippen molar-refractivity contribution in [3.63, 3.8) is 0 Å². The molecule has 110 valence electrons. The molecule has 1 aliphatic rings. The van der Waals surface area contributed by atoms with Crippen LogP contribution in [-0.4, -0.2) is 42.8 Å². The first-order valence-electron chi connectivity index (χ1n) is 7.09. The second kappa shape index (κ2) is 6.99. The zero-order chi connectivity index (χ0) is 14.5. The zero-order valence-electron chi connectivity index (χ0n) is 12.3. The van der Waals surface area contributed by atoms with E-state index in [2.05, 4.69) is 18.3 Å². The van der Waals surface area contributed by atoms with Gasteiger partial charge in [-0.25, -0.2) is 0 Å². The Morgan fingerprint density at radius 2 is 2.15 bits per heavy atom. The van der Waals surface area contributed by atoms with Gasteiger partial charge in [0.1, 0.15) is 11.1 Å². The lowest BCUT2D eigenvalue weighted by Gasteiger charge is -2.24. The average molecular weight is 295 g/mol. The molecule has 2 N–H and O–H groups in total. The number of nitrogens with two attached hydrogens (primary N) is 1. The SMILES string of the molecule is CC[NH2+]CCN1C(=O)[C@@H](C)S[C@H]1c1ccccc1OC. The predicted octanol–water partition coefficient (Wildman–Crippen LogP) is 1.24. The third kappa shape index (κ3) is 3.10. The van der Waals surface area contributed by atoms with Gasteiger partial charge in [-0.15, -0.1) is 11.8 Å². The van der Waals surface area contributed by atoms with Crippen molar-refractivity contribution >= 4 is 17.7 Å². The van der Waals surface area contributed by atoms with Crippen LogP contribution < -0.4 is 10.1 Å². The van der Waals surface area contributed by atoms with E-state index in [1.54, 1.807) is 18.9 Å². The Hall–Kier alpha value is -1.20. The summed E-state index contributed by atoms with van der Waals surface area (Å²) in [5, 5.41) is 2.31. The molecule has 1 heterocycles. The molecule has 1 amide bonds. The minimum atomic E-state index is 0.0199. The summed E-state index contributed by atoms with van der Waals surface area (Å²) in [7, 11) is 1.68. The molecule has 1 fully saturated rings. The van der Waals surface area contributed by atoms with Gasteiger partial charge in [-0.05, 0) is 19.9 Å². The number of nitrogens with zero attached hydrogens (tertiary/aromatic N) is 1. The van der Waals surface area contributed by atoms with E-state index in [0.717, 1.165) is 30.9 Å². The molecule has 20 heavy (non-hydrogen) atoms. The van der Waals surface area contributed by atoms with Crippen LogP contribution in [0.5, 0.6) is 5.75 Å². The number of ether oxygens (including phenoxy) is 1. The van der Waals surface area contributed by atoms with Crippen molar-refractivity contribution in [1.82, 2.24) is 4.90 Å². The summed E-state index contributed by atoms with van der Waals surface area (Å²) in [6.45, 7) is 6.89. The lowest BCUT2D eigenvalue weighted by Crippen LogP contribution is -2.85. The third-order valence-corrected chi connectivity index (χ3v) is 4.89. The number of methoxy groups -OCH3 is 1. The van der Waals surface area contributed by atoms with Crippen molar-refractivity contribution in [3.05, 3.63) is 29.8 Å². The highest BCUT2D eigenvalue weighted by Gasteiger charge is 2.39. The van der Waals surface area contributed by atoms with Crippen LogP contribution in [0.1, 0.15) is 24.8 Å². The van der Waals surface area contributed by atoms with E-state index in [0.29, 0.717) is 0 Å². The van der Waals surface area contributed by atoms with Gasteiger partial charge in [-0.2, -0.15) is 0 Å². The molecule has 2 atom stereocenters. The number of likely N-dealkylation sites (N-methyl/N-ethyl adjacent to an activating group) is 1. The minimum Gasteiger partial charge on any atom is -0.496 e. The van der Waals surface area contributed by atoms with Gasteiger partial charge in [-0.3, -0.25) is 4.79 Å². The Labute approximate surface area is 124 Å². The fourth-order valence-corrected chi connectivity index (χ4v) is 3.78. The van der Waals surface area contributed by atoms with Crippen molar-refractivity contribution in [3.8, 4) is 5.75 Å². The van der Waals surface area contributed by atoms with Crippen LogP contribution in [0.15, 0.2) is 24.3 Å². The van der Waals surface area contributed by atoms with Gasteiger partial charge in [0.2, 0.25) is 5.91 Å². The molecular formula is C15H23N2O2S+. The van der Waals surface area contributed by atoms with Crippen LogP contribution in [0, 0.1) is 0 Å². The number of quaternary nitrogens is 1. The molecule has 0 bridgehead atoms. The largest absolute Gasteiger partial charge is 0.496 e. The first-order valence-corrected chi connectivity index (χ1v) is 8.03. The fraction of sp³-hybridized carbons (Fsp3) is 0.533. The highest BCUT2D eigenvalue weighted by Crippen LogP contribution is 2.45. The molecule has 1 aromatic rings. The van der Waals surface area contributed by atoms with Gasteiger partial charge in [-0.1, -0.05) is 18.2 Å². The van der Waals surface area contributed by atoms with Crippen molar-refractivity contribution in [2.45, 2.75) is 24.5 Å². The third-order valence-electron chi connectivity index (χ3n) is 3.51. The number of rotatable bonds is 6. The molecule has 2 rings (SSSR count). The van der Waals surface area contributed by atoms with Crippen molar-refractivity contribution in [1.29, 1.82) is 0 Å². The van der Waals surface area contributed by atoms with E-state index >= 15 is 0 Å². The van der Waals surface area contributed by atoms with Gasteiger partial charge in [0, 0.05) is 5.56 Å². The molecule has 0 spiro atoms. The summed E-state index contributed by atoms with van der Waals surface area (Å²) in [5.41, 5.74) is 1.09. The molecule has 0 aromatic heterocycles. The predicted molar refractivity (Wildman–Crippen MR) is 81.8 cm³/mol. The smallest absolute Gasteiger partial charge is 0.236 e. The lowest BCUT2D eigenvalue weighted by molar-refractivity contribution is -0.651. The van der Waals surface area contributed by atoms with Crippen LogP contribution >= 0.6 is 11.8 Å². The summed E-state index contributed by atoms with van der Waals surface area (Å²) < 4.78 is 5.44. The number of carbonyl (C=O) groups is 1. The second-order valence-corrected chi connectivity index (χ2v) is 6.32. The topological polar surface area (TPSA) is 46.2 Å².